The maximum absolute atomic E-state index is 13.4. The van der Waals surface area contributed by atoms with Gasteiger partial charge in [-0.05, 0) is 89.9 Å². The van der Waals surface area contributed by atoms with E-state index >= 15 is 0 Å². The number of carbonyl (C=O) groups is 2. The topological polar surface area (TPSA) is 113 Å². The molecular weight excluding hydrogens is 508 g/mol. The van der Waals surface area contributed by atoms with Crippen LogP contribution in [0.2, 0.25) is 0 Å². The van der Waals surface area contributed by atoms with Crippen LogP contribution in [-0.4, -0.2) is 56.3 Å². The molecule has 4 fully saturated rings. The van der Waals surface area contributed by atoms with E-state index in [-0.39, 0.29) is 11.9 Å². The molecule has 0 aromatic rings. The molecule has 0 heterocycles. The molecule has 0 radical (unpaired) electrons. The van der Waals surface area contributed by atoms with Crippen molar-refractivity contribution in [2.24, 2.45) is 22.2 Å². The van der Waals surface area contributed by atoms with E-state index in [2.05, 4.69) is 0 Å². The monoisotopic (exact) mass is 566 g/mol. The van der Waals surface area contributed by atoms with Crippen LogP contribution < -0.4 is 0 Å². The molecule has 0 aromatic carbocycles. The second-order valence-corrected chi connectivity index (χ2v) is 13.9. The van der Waals surface area contributed by atoms with E-state index in [4.69, 9.17) is 9.47 Å². The molecule has 40 heavy (non-hydrogen) atoms. The third-order valence-electron chi connectivity index (χ3n) is 12.5. The fourth-order valence-electron chi connectivity index (χ4n) is 10.3. The molecule has 4 bridgehead atoms. The Hall–Kier alpha value is -1.18. The van der Waals surface area contributed by atoms with Gasteiger partial charge in [-0.2, -0.15) is 0 Å². The standard InChI is InChI=1S/C33H58O7/c1-9-24(10-2)26(35)39-17-25(34)40-30-21-27(31(36,11-3)12-4)18-28(22-30,32(37,13-5)14-6)20-29(19-27,23-30)33(38,15-7)16-8/h24,36-38H,9-23H2,1-8H3. The maximum Gasteiger partial charge on any atom is 0.344 e. The van der Waals surface area contributed by atoms with Gasteiger partial charge in [0.15, 0.2) is 6.61 Å². The highest BCUT2D eigenvalue weighted by Gasteiger charge is 2.78. The first-order chi connectivity index (χ1) is 18.7. The Morgan fingerprint density at radius 3 is 1.23 bits per heavy atom. The van der Waals surface area contributed by atoms with Crippen molar-refractivity contribution >= 4 is 11.9 Å². The summed E-state index contributed by atoms with van der Waals surface area (Å²) in [6.07, 6.45) is 7.94. The number of rotatable bonds is 15. The highest BCUT2D eigenvalue weighted by Crippen LogP contribution is 2.79. The highest BCUT2D eigenvalue weighted by atomic mass is 16.6. The van der Waals surface area contributed by atoms with Gasteiger partial charge in [0.05, 0.1) is 22.7 Å². The van der Waals surface area contributed by atoms with Crippen molar-refractivity contribution in [1.29, 1.82) is 0 Å². The molecule has 0 spiro atoms. The summed E-state index contributed by atoms with van der Waals surface area (Å²) in [5.41, 5.74) is -5.96. The van der Waals surface area contributed by atoms with Crippen LogP contribution in [0.3, 0.4) is 0 Å². The van der Waals surface area contributed by atoms with Gasteiger partial charge < -0.3 is 24.8 Å². The molecule has 4 saturated carbocycles. The Morgan fingerprint density at radius 2 is 0.950 bits per heavy atom. The third-order valence-corrected chi connectivity index (χ3v) is 12.5. The van der Waals surface area contributed by atoms with Crippen molar-refractivity contribution in [3.63, 3.8) is 0 Å². The van der Waals surface area contributed by atoms with Crippen LogP contribution in [0.5, 0.6) is 0 Å². The van der Waals surface area contributed by atoms with Gasteiger partial charge in [-0.25, -0.2) is 4.79 Å². The van der Waals surface area contributed by atoms with Crippen molar-refractivity contribution in [2.45, 2.75) is 168 Å². The number of hydrogen-bond donors (Lipinski definition) is 3. The summed E-state index contributed by atoms with van der Waals surface area (Å²) in [4.78, 5) is 25.9. The van der Waals surface area contributed by atoms with Gasteiger partial charge in [0.1, 0.15) is 5.60 Å². The van der Waals surface area contributed by atoms with Gasteiger partial charge >= 0.3 is 11.9 Å². The second-order valence-electron chi connectivity index (χ2n) is 13.9. The lowest BCUT2D eigenvalue weighted by Crippen LogP contribution is -2.77. The molecule has 3 N–H and O–H groups in total. The Balaban J connectivity index is 2.16. The Bertz CT molecular complexity index is 818. The van der Waals surface area contributed by atoms with Crippen molar-refractivity contribution in [2.75, 3.05) is 6.61 Å². The Labute approximate surface area is 242 Å². The van der Waals surface area contributed by atoms with Crippen molar-refractivity contribution in [1.82, 2.24) is 0 Å². The van der Waals surface area contributed by atoms with Crippen LogP contribution in [0, 0.1) is 22.2 Å². The van der Waals surface area contributed by atoms with E-state index in [1.54, 1.807) is 0 Å². The molecule has 4 aliphatic rings. The molecular formula is C33H58O7. The van der Waals surface area contributed by atoms with Crippen molar-refractivity contribution in [3.8, 4) is 0 Å². The molecule has 0 aliphatic heterocycles. The predicted molar refractivity (Wildman–Crippen MR) is 155 cm³/mol. The minimum atomic E-state index is -1.03. The lowest BCUT2D eigenvalue weighted by atomic mass is 9.30. The molecule has 0 unspecified atom stereocenters. The van der Waals surface area contributed by atoms with Gasteiger partial charge in [-0.3, -0.25) is 4.79 Å². The molecule has 0 atom stereocenters. The van der Waals surface area contributed by atoms with Crippen molar-refractivity contribution < 1.29 is 34.4 Å². The first kappa shape index (κ1) is 33.3. The lowest BCUT2D eigenvalue weighted by Gasteiger charge is -2.77. The Morgan fingerprint density at radius 1 is 0.625 bits per heavy atom. The van der Waals surface area contributed by atoms with Gasteiger partial charge in [0.2, 0.25) is 0 Å². The Kier molecular flexibility index (Phi) is 9.57. The number of hydrogen-bond acceptors (Lipinski definition) is 7. The van der Waals surface area contributed by atoms with E-state index in [9.17, 15) is 24.9 Å². The molecule has 0 aromatic heterocycles. The molecule has 0 saturated heterocycles. The summed E-state index contributed by atoms with van der Waals surface area (Å²) in [5, 5.41) is 36.9. The summed E-state index contributed by atoms with van der Waals surface area (Å²) in [7, 11) is 0. The minimum absolute atomic E-state index is 0.250. The highest BCUT2D eigenvalue weighted by molar-refractivity contribution is 5.78. The zero-order valence-corrected chi connectivity index (χ0v) is 26.7. The summed E-state index contributed by atoms with van der Waals surface area (Å²) >= 11 is 0. The number of ether oxygens (including phenoxy) is 2. The average Bonchev–Trinajstić information content (AvgIpc) is 2.94. The van der Waals surface area contributed by atoms with Crippen LogP contribution in [0.4, 0.5) is 0 Å². The smallest absolute Gasteiger partial charge is 0.344 e. The van der Waals surface area contributed by atoms with Crippen LogP contribution in [-0.2, 0) is 19.1 Å². The summed E-state index contributed by atoms with van der Waals surface area (Å²) in [5.74, 6) is -1.23. The SMILES string of the molecule is CCC(CC)C(=O)OCC(=O)OC12CC3(C(O)(CC)CC)CC(C(O)(CC)CC)(C1)CC(C(O)(CC)CC)(C2)C3. The molecule has 4 rings (SSSR count). The van der Waals surface area contributed by atoms with Crippen LogP contribution in [0.25, 0.3) is 0 Å². The number of esters is 2. The predicted octanol–water partition coefficient (Wildman–Crippen LogP) is 6.24. The fourth-order valence-corrected chi connectivity index (χ4v) is 10.3. The van der Waals surface area contributed by atoms with E-state index in [0.717, 1.165) is 0 Å². The van der Waals surface area contributed by atoms with E-state index in [0.29, 0.717) is 89.9 Å². The quantitative estimate of drug-likeness (QED) is 0.201. The summed E-state index contributed by atoms with van der Waals surface area (Å²) < 4.78 is 11.8. The first-order valence-corrected chi connectivity index (χ1v) is 16.2. The van der Waals surface area contributed by atoms with Gasteiger partial charge in [-0.1, -0.05) is 55.4 Å². The molecule has 4 aliphatic carbocycles. The van der Waals surface area contributed by atoms with Gasteiger partial charge in [0.25, 0.3) is 0 Å². The second kappa shape index (κ2) is 11.5. The number of carbonyl (C=O) groups excluding carboxylic acids is 2. The minimum Gasteiger partial charge on any atom is -0.456 e. The zero-order chi connectivity index (χ0) is 30.3. The maximum atomic E-state index is 13.4. The molecule has 7 nitrogen and oxygen atoms in total. The van der Waals surface area contributed by atoms with E-state index in [1.807, 2.05) is 55.4 Å². The normalized spacial score (nSPS) is 32.0. The molecule has 232 valence electrons. The molecule has 7 heteroatoms. The van der Waals surface area contributed by atoms with Crippen LogP contribution in [0.1, 0.15) is 145 Å². The van der Waals surface area contributed by atoms with Crippen LogP contribution in [0.15, 0.2) is 0 Å². The van der Waals surface area contributed by atoms with Crippen LogP contribution >= 0.6 is 0 Å². The number of aliphatic hydroxyl groups is 3. The molecule has 0 amide bonds. The van der Waals surface area contributed by atoms with E-state index in [1.165, 1.54) is 0 Å². The average molecular weight is 567 g/mol. The largest absolute Gasteiger partial charge is 0.456 e. The summed E-state index contributed by atoms with van der Waals surface area (Å²) in [6, 6.07) is 0. The van der Waals surface area contributed by atoms with Gasteiger partial charge in [-0.15, -0.1) is 0 Å². The third kappa shape index (κ3) is 4.94. The van der Waals surface area contributed by atoms with Crippen molar-refractivity contribution in [3.05, 3.63) is 0 Å². The lowest BCUT2D eigenvalue weighted by molar-refractivity contribution is -0.345. The van der Waals surface area contributed by atoms with Gasteiger partial charge in [0, 0.05) is 16.2 Å². The first-order valence-electron chi connectivity index (χ1n) is 16.2. The van der Waals surface area contributed by atoms with E-state index < -0.39 is 51.2 Å². The zero-order valence-electron chi connectivity index (χ0n) is 26.7. The fraction of sp³-hybridized carbons (Fsp3) is 0.939. The summed E-state index contributed by atoms with van der Waals surface area (Å²) in [6.45, 7) is 15.5.